The number of alkyl halides is 3. The summed E-state index contributed by atoms with van der Waals surface area (Å²) in [5.41, 5.74) is -4.67. The maximum Gasteiger partial charge on any atom is 0.440 e. The quantitative estimate of drug-likeness (QED) is 0.815. The van der Waals surface area contributed by atoms with Crippen LogP contribution in [0.2, 0.25) is 0 Å². The van der Waals surface area contributed by atoms with E-state index in [-0.39, 0.29) is 6.42 Å². The van der Waals surface area contributed by atoms with E-state index >= 15 is 0 Å². The zero-order valence-electron chi connectivity index (χ0n) is 12.0. The molecule has 2 aromatic rings. The molecule has 1 unspecified atom stereocenters. The van der Waals surface area contributed by atoms with Crippen molar-refractivity contribution in [2.45, 2.75) is 25.2 Å². The van der Waals surface area contributed by atoms with Crippen molar-refractivity contribution in [2.75, 3.05) is 5.32 Å². The molecule has 6 nitrogen and oxygen atoms in total. The van der Waals surface area contributed by atoms with E-state index in [1.165, 1.54) is 6.92 Å². The lowest BCUT2D eigenvalue weighted by molar-refractivity contribution is -0.217. The number of hydrogen-bond acceptors (Lipinski definition) is 3. The summed E-state index contributed by atoms with van der Waals surface area (Å²) in [5.74, 6) is -6.05. The minimum absolute atomic E-state index is 0.320. The summed E-state index contributed by atoms with van der Waals surface area (Å²) in [4.78, 5) is 27.1. The van der Waals surface area contributed by atoms with Crippen molar-refractivity contribution in [1.82, 2.24) is 14.9 Å². The van der Waals surface area contributed by atoms with E-state index in [1.54, 1.807) is 5.32 Å². The molecule has 1 aliphatic rings. The van der Waals surface area contributed by atoms with Gasteiger partial charge in [-0.25, -0.2) is 13.8 Å². The lowest BCUT2D eigenvalue weighted by atomic mass is 10.1. The molecule has 2 N–H and O–H groups in total. The fourth-order valence-electron chi connectivity index (χ4n) is 2.53. The van der Waals surface area contributed by atoms with Gasteiger partial charge in [-0.05, 0) is 12.1 Å². The molecule has 0 radical (unpaired) electrons. The Morgan fingerprint density at radius 3 is 2.62 bits per heavy atom. The van der Waals surface area contributed by atoms with Crippen molar-refractivity contribution in [3.63, 3.8) is 0 Å². The topological polar surface area (TPSA) is 76.0 Å². The van der Waals surface area contributed by atoms with Gasteiger partial charge in [0.15, 0.2) is 11.6 Å². The Labute approximate surface area is 130 Å². The fraction of sp³-hybridized carbons (Fsp3) is 0.308. The second-order valence-corrected chi connectivity index (χ2v) is 5.06. The fourth-order valence-corrected chi connectivity index (χ4v) is 2.53. The van der Waals surface area contributed by atoms with Crippen LogP contribution in [0.25, 0.3) is 11.0 Å². The number of nitrogens with zero attached hydrogens (tertiary/aromatic N) is 2. The third-order valence-electron chi connectivity index (χ3n) is 3.66. The highest BCUT2D eigenvalue weighted by Crippen LogP contribution is 2.44. The molecule has 1 aromatic heterocycles. The summed E-state index contributed by atoms with van der Waals surface area (Å²) in [5, 5.41) is 3.48. The van der Waals surface area contributed by atoms with Crippen molar-refractivity contribution >= 4 is 28.8 Å². The lowest BCUT2D eigenvalue weighted by Crippen LogP contribution is -2.63. The Bertz CT molecular complexity index is 875. The summed E-state index contributed by atoms with van der Waals surface area (Å²) in [6.07, 6.45) is -5.58. The second kappa shape index (κ2) is 4.89. The van der Waals surface area contributed by atoms with E-state index in [1.807, 2.05) is 5.32 Å². The molecule has 0 saturated heterocycles. The number of nitrogens with one attached hydrogen (secondary N) is 2. The Morgan fingerprint density at radius 2 is 2.04 bits per heavy atom. The molecule has 0 spiro atoms. The van der Waals surface area contributed by atoms with Crippen LogP contribution in [-0.4, -0.2) is 27.5 Å². The Balaban J connectivity index is 2.36. The van der Waals surface area contributed by atoms with E-state index in [2.05, 4.69) is 4.98 Å². The van der Waals surface area contributed by atoms with Gasteiger partial charge in [-0.1, -0.05) is 6.92 Å². The summed E-state index contributed by atoms with van der Waals surface area (Å²) in [6, 6.07) is 1.46. The number of amides is 2. The van der Waals surface area contributed by atoms with Crippen LogP contribution < -0.4 is 10.6 Å². The van der Waals surface area contributed by atoms with E-state index in [0.717, 1.165) is 6.07 Å². The van der Waals surface area contributed by atoms with Gasteiger partial charge in [-0.2, -0.15) is 13.2 Å². The molecule has 128 valence electrons. The number of hydrogen-bond donors (Lipinski definition) is 2. The van der Waals surface area contributed by atoms with Gasteiger partial charge >= 0.3 is 6.18 Å². The molecular formula is C13H9F5N4O2. The Hall–Kier alpha value is -2.72. The molecule has 3 rings (SSSR count). The number of imidazole rings is 1. The number of aromatic nitrogens is 2. The highest BCUT2D eigenvalue weighted by atomic mass is 19.4. The van der Waals surface area contributed by atoms with Gasteiger partial charge < -0.3 is 5.32 Å². The van der Waals surface area contributed by atoms with Crippen molar-refractivity contribution in [2.24, 2.45) is 0 Å². The highest BCUT2D eigenvalue weighted by molar-refractivity contribution is 6.05. The molecule has 1 aliphatic heterocycles. The molecule has 1 aromatic carbocycles. The molecule has 0 saturated carbocycles. The summed E-state index contributed by atoms with van der Waals surface area (Å²) >= 11 is 0. The van der Waals surface area contributed by atoms with Crippen molar-refractivity contribution in [3.8, 4) is 0 Å². The van der Waals surface area contributed by atoms with Crippen LogP contribution in [-0.2, 0) is 15.3 Å². The van der Waals surface area contributed by atoms with Gasteiger partial charge in [-0.15, -0.1) is 0 Å². The number of anilines is 1. The first kappa shape index (κ1) is 16.1. The van der Waals surface area contributed by atoms with Crippen LogP contribution in [0.4, 0.5) is 27.9 Å². The first-order valence-electron chi connectivity index (χ1n) is 6.69. The van der Waals surface area contributed by atoms with Gasteiger partial charge in [0.1, 0.15) is 5.52 Å². The number of rotatable bonds is 2. The molecule has 2 heterocycles. The largest absolute Gasteiger partial charge is 0.440 e. The third kappa shape index (κ3) is 1.90. The van der Waals surface area contributed by atoms with Crippen molar-refractivity contribution in [3.05, 3.63) is 23.8 Å². The number of benzene rings is 1. The zero-order chi connectivity index (χ0) is 17.9. The summed E-state index contributed by atoms with van der Waals surface area (Å²) in [7, 11) is 0. The summed E-state index contributed by atoms with van der Waals surface area (Å²) < 4.78 is 68.6. The molecule has 11 heteroatoms. The Morgan fingerprint density at radius 1 is 1.38 bits per heavy atom. The number of halogens is 5. The second-order valence-electron chi connectivity index (χ2n) is 5.06. The van der Waals surface area contributed by atoms with Crippen LogP contribution in [0, 0.1) is 11.6 Å². The van der Waals surface area contributed by atoms with Crippen LogP contribution >= 0.6 is 0 Å². The number of fused-ring (bicyclic) bond motifs is 3. The van der Waals surface area contributed by atoms with Gasteiger partial charge in [0.25, 0.3) is 11.6 Å². The summed E-state index contributed by atoms with van der Waals surface area (Å²) in [6.45, 7) is 1.30. The molecule has 1 atom stereocenters. The van der Waals surface area contributed by atoms with Crippen molar-refractivity contribution < 1.29 is 31.5 Å². The maximum atomic E-state index is 13.8. The maximum absolute atomic E-state index is 13.8. The van der Waals surface area contributed by atoms with Gasteiger partial charge in [0.05, 0.1) is 5.52 Å². The first-order valence-corrected chi connectivity index (χ1v) is 6.69. The van der Waals surface area contributed by atoms with E-state index in [4.69, 9.17) is 0 Å². The third-order valence-corrected chi connectivity index (χ3v) is 3.66. The average Bonchev–Trinajstić information content (AvgIpc) is 2.98. The van der Waals surface area contributed by atoms with E-state index in [9.17, 15) is 31.5 Å². The van der Waals surface area contributed by atoms with Crippen molar-refractivity contribution in [1.29, 1.82) is 0 Å². The van der Waals surface area contributed by atoms with Crippen LogP contribution in [0.5, 0.6) is 0 Å². The standard InChI is InChI=1S/C13H9F5N4O2/c1-2-7(23)21-12(13(16,17)18)10(24)20-11-19-9-6(22(11)12)4-3-5(14)8(9)15/h3-4H,2H2,1H3,(H,21,23)(H,19,20,24). The normalized spacial score (nSPS) is 20.2. The predicted octanol–water partition coefficient (Wildman–Crippen LogP) is 2.01. The Kier molecular flexibility index (Phi) is 3.29. The minimum atomic E-state index is -5.26. The van der Waals surface area contributed by atoms with Crippen LogP contribution in [0.15, 0.2) is 12.1 Å². The smallest absolute Gasteiger partial charge is 0.317 e. The molecule has 0 aliphatic carbocycles. The van der Waals surface area contributed by atoms with Gasteiger partial charge in [-0.3, -0.25) is 19.5 Å². The average molecular weight is 348 g/mol. The highest BCUT2D eigenvalue weighted by Gasteiger charge is 2.67. The molecule has 0 bridgehead atoms. The van der Waals surface area contributed by atoms with Crippen LogP contribution in [0.1, 0.15) is 13.3 Å². The van der Waals surface area contributed by atoms with E-state index < -0.39 is 52.3 Å². The van der Waals surface area contributed by atoms with Crippen LogP contribution in [0.3, 0.4) is 0 Å². The lowest BCUT2D eigenvalue weighted by Gasteiger charge is -2.31. The predicted molar refractivity (Wildman–Crippen MR) is 70.7 cm³/mol. The minimum Gasteiger partial charge on any atom is -0.317 e. The number of carbonyl (C=O) groups excluding carboxylic acids is 2. The molecular weight excluding hydrogens is 339 g/mol. The SMILES string of the molecule is CCC(=O)NC1(C(F)(F)F)C(=O)Nc2nc3c(F)c(F)ccc3n21. The van der Waals surface area contributed by atoms with Gasteiger partial charge in [0.2, 0.25) is 11.9 Å². The number of carbonyl (C=O) groups is 2. The monoisotopic (exact) mass is 348 g/mol. The first-order chi connectivity index (χ1) is 11.1. The zero-order valence-corrected chi connectivity index (χ0v) is 12.0. The molecule has 24 heavy (non-hydrogen) atoms. The van der Waals surface area contributed by atoms with Gasteiger partial charge in [0, 0.05) is 6.42 Å². The molecule has 0 fully saturated rings. The molecule has 2 amide bonds. The van der Waals surface area contributed by atoms with E-state index in [0.29, 0.717) is 10.6 Å².